The van der Waals surface area contributed by atoms with E-state index in [2.05, 4.69) is 40.5 Å². The maximum Gasteiger partial charge on any atom is 0.302 e. The van der Waals surface area contributed by atoms with Crippen molar-refractivity contribution in [2.45, 2.75) is 26.3 Å². The Bertz CT molecular complexity index is 1110. The van der Waals surface area contributed by atoms with Gasteiger partial charge in [-0.3, -0.25) is 15.1 Å². The van der Waals surface area contributed by atoms with Crippen LogP contribution in [0.25, 0.3) is 11.1 Å². The van der Waals surface area contributed by atoms with E-state index in [1.54, 1.807) is 6.20 Å². The molecule has 3 heterocycles. The summed E-state index contributed by atoms with van der Waals surface area (Å²) in [7, 11) is 0. The molecule has 0 bridgehead atoms. The number of aromatic nitrogens is 2. The number of carbonyl (C=O) groups excluding carboxylic acids is 1. The molecule has 0 saturated heterocycles. The SMILES string of the molecule is CC1(C)C=C2NC(Nc3nc4ccccc4o3)=N[C@H](c3ccccn3)[C@H]2C(=O)C1. The number of allylic oxidation sites excluding steroid dienone is 1. The van der Waals surface area contributed by atoms with E-state index >= 15 is 0 Å². The number of guanidine groups is 1. The van der Waals surface area contributed by atoms with E-state index in [1.165, 1.54) is 0 Å². The second-order valence-corrected chi connectivity index (χ2v) is 8.12. The summed E-state index contributed by atoms with van der Waals surface area (Å²) in [6, 6.07) is 13.2. The fourth-order valence-electron chi connectivity index (χ4n) is 4.02. The van der Waals surface area contributed by atoms with Crippen LogP contribution < -0.4 is 10.6 Å². The summed E-state index contributed by atoms with van der Waals surface area (Å²) in [5.74, 6) is 0.285. The summed E-state index contributed by atoms with van der Waals surface area (Å²) >= 11 is 0. The number of oxazole rings is 1. The first-order chi connectivity index (χ1) is 14.0. The second-order valence-electron chi connectivity index (χ2n) is 8.12. The number of rotatable bonds is 2. The molecule has 146 valence electrons. The molecular weight excluding hydrogens is 366 g/mol. The molecule has 1 aliphatic heterocycles. The van der Waals surface area contributed by atoms with Gasteiger partial charge in [-0.15, -0.1) is 0 Å². The van der Waals surface area contributed by atoms with Gasteiger partial charge in [0.05, 0.1) is 11.6 Å². The predicted molar refractivity (Wildman–Crippen MR) is 110 cm³/mol. The molecule has 3 aromatic rings. The topological polar surface area (TPSA) is 92.4 Å². The van der Waals surface area contributed by atoms with E-state index < -0.39 is 6.04 Å². The molecule has 0 saturated carbocycles. The lowest BCUT2D eigenvalue weighted by Crippen LogP contribution is -2.46. The largest absolute Gasteiger partial charge is 0.423 e. The number of nitrogens with one attached hydrogen (secondary N) is 2. The molecule has 0 spiro atoms. The Morgan fingerprint density at radius 3 is 2.79 bits per heavy atom. The van der Waals surface area contributed by atoms with Crippen LogP contribution in [0.2, 0.25) is 0 Å². The third-order valence-electron chi connectivity index (χ3n) is 5.21. The second kappa shape index (κ2) is 6.55. The molecule has 0 amide bonds. The minimum atomic E-state index is -0.404. The summed E-state index contributed by atoms with van der Waals surface area (Å²) in [6.45, 7) is 4.12. The van der Waals surface area contributed by atoms with Crippen molar-refractivity contribution >= 4 is 28.9 Å². The van der Waals surface area contributed by atoms with Gasteiger partial charge in [-0.2, -0.15) is 4.98 Å². The number of nitrogens with zero attached hydrogens (tertiary/aromatic N) is 3. The number of hydrogen-bond donors (Lipinski definition) is 2. The Morgan fingerprint density at radius 1 is 1.17 bits per heavy atom. The van der Waals surface area contributed by atoms with Gasteiger partial charge in [0, 0.05) is 18.3 Å². The van der Waals surface area contributed by atoms with Crippen molar-refractivity contribution in [2.75, 3.05) is 5.32 Å². The van der Waals surface area contributed by atoms with Crippen molar-refractivity contribution < 1.29 is 9.21 Å². The Morgan fingerprint density at radius 2 is 2.00 bits per heavy atom. The molecule has 0 radical (unpaired) electrons. The van der Waals surface area contributed by atoms with Gasteiger partial charge < -0.3 is 9.73 Å². The van der Waals surface area contributed by atoms with E-state index in [0.717, 1.165) is 16.9 Å². The summed E-state index contributed by atoms with van der Waals surface area (Å²) in [5, 5.41) is 6.41. The van der Waals surface area contributed by atoms with Crippen molar-refractivity contribution in [1.29, 1.82) is 0 Å². The number of aliphatic imine (C=N–C) groups is 1. The smallest absolute Gasteiger partial charge is 0.302 e. The zero-order chi connectivity index (χ0) is 20.0. The lowest BCUT2D eigenvalue weighted by molar-refractivity contribution is -0.124. The maximum absolute atomic E-state index is 13.0. The van der Waals surface area contributed by atoms with Gasteiger partial charge in [0.25, 0.3) is 0 Å². The number of carbonyl (C=O) groups is 1. The molecule has 0 unspecified atom stereocenters. The molecule has 29 heavy (non-hydrogen) atoms. The number of anilines is 1. The predicted octanol–water partition coefficient (Wildman–Crippen LogP) is 3.83. The van der Waals surface area contributed by atoms with Gasteiger partial charge in [-0.05, 0) is 29.7 Å². The molecule has 7 nitrogen and oxygen atoms in total. The summed E-state index contributed by atoms with van der Waals surface area (Å²) in [4.78, 5) is 26.7. The average molecular weight is 387 g/mol. The van der Waals surface area contributed by atoms with E-state index in [9.17, 15) is 4.79 Å². The Balaban J connectivity index is 1.55. The number of pyridine rings is 1. The van der Waals surface area contributed by atoms with E-state index in [4.69, 9.17) is 9.41 Å². The zero-order valence-electron chi connectivity index (χ0n) is 16.2. The fourth-order valence-corrected chi connectivity index (χ4v) is 4.02. The first-order valence-electron chi connectivity index (χ1n) is 9.62. The number of hydrogen-bond acceptors (Lipinski definition) is 7. The van der Waals surface area contributed by atoms with Crippen molar-refractivity contribution in [1.82, 2.24) is 15.3 Å². The van der Waals surface area contributed by atoms with Crippen LogP contribution in [-0.2, 0) is 4.79 Å². The van der Waals surface area contributed by atoms with Crippen molar-refractivity contribution in [3.8, 4) is 0 Å². The third-order valence-corrected chi connectivity index (χ3v) is 5.21. The van der Waals surface area contributed by atoms with Crippen molar-refractivity contribution in [2.24, 2.45) is 16.3 Å². The highest BCUT2D eigenvalue weighted by atomic mass is 16.4. The first kappa shape index (κ1) is 17.6. The van der Waals surface area contributed by atoms with E-state index in [-0.39, 0.29) is 17.1 Å². The number of para-hydroxylation sites is 2. The maximum atomic E-state index is 13.0. The highest BCUT2D eigenvalue weighted by Gasteiger charge is 2.43. The van der Waals surface area contributed by atoms with Gasteiger partial charge in [0.2, 0.25) is 5.96 Å². The molecule has 2 atom stereocenters. The number of fused-ring (bicyclic) bond motifs is 2. The zero-order valence-corrected chi connectivity index (χ0v) is 16.2. The van der Waals surface area contributed by atoms with Crippen LogP contribution in [0.1, 0.15) is 32.0 Å². The van der Waals surface area contributed by atoms with Crippen LogP contribution in [0.15, 0.2) is 69.8 Å². The van der Waals surface area contributed by atoms with Crippen molar-refractivity contribution in [3.63, 3.8) is 0 Å². The molecule has 1 aliphatic carbocycles. The normalized spacial score (nSPS) is 23.0. The molecular formula is C22H21N5O2. The fraction of sp³-hybridized carbons (Fsp3) is 0.273. The van der Waals surface area contributed by atoms with Crippen LogP contribution in [0, 0.1) is 11.3 Å². The third kappa shape index (κ3) is 3.29. The van der Waals surface area contributed by atoms with Crippen LogP contribution in [0.5, 0.6) is 0 Å². The Kier molecular flexibility index (Phi) is 3.97. The molecule has 2 aromatic heterocycles. The highest BCUT2D eigenvalue weighted by Crippen LogP contribution is 2.42. The Hall–Kier alpha value is -3.48. The molecule has 2 N–H and O–H groups in total. The van der Waals surface area contributed by atoms with Crippen LogP contribution in [-0.4, -0.2) is 21.7 Å². The number of ketones is 1. The summed E-state index contributed by atoms with van der Waals surface area (Å²) in [6.07, 6.45) is 4.33. The molecule has 2 aliphatic rings. The first-order valence-corrected chi connectivity index (χ1v) is 9.62. The van der Waals surface area contributed by atoms with E-state index in [1.807, 2.05) is 42.5 Å². The number of benzene rings is 1. The average Bonchev–Trinajstić information content (AvgIpc) is 3.09. The Labute approximate surface area is 168 Å². The number of Topliss-reactive ketones (excluding diaryl/α,β-unsaturated/α-hetero) is 1. The monoisotopic (exact) mass is 387 g/mol. The van der Waals surface area contributed by atoms with Gasteiger partial charge in [-0.25, -0.2) is 4.99 Å². The lowest BCUT2D eigenvalue weighted by atomic mass is 9.73. The minimum absolute atomic E-state index is 0.167. The van der Waals surface area contributed by atoms with Gasteiger partial charge in [-0.1, -0.05) is 38.1 Å². The van der Waals surface area contributed by atoms with Crippen LogP contribution in [0.4, 0.5) is 6.01 Å². The minimum Gasteiger partial charge on any atom is -0.423 e. The van der Waals surface area contributed by atoms with E-state index in [0.29, 0.717) is 24.0 Å². The molecule has 1 aromatic carbocycles. The van der Waals surface area contributed by atoms with Gasteiger partial charge >= 0.3 is 6.01 Å². The van der Waals surface area contributed by atoms with Crippen LogP contribution in [0.3, 0.4) is 0 Å². The quantitative estimate of drug-likeness (QED) is 0.694. The summed E-state index contributed by atoms with van der Waals surface area (Å²) < 4.78 is 5.76. The van der Waals surface area contributed by atoms with Gasteiger partial charge in [0.1, 0.15) is 17.3 Å². The van der Waals surface area contributed by atoms with Crippen LogP contribution >= 0.6 is 0 Å². The molecule has 5 rings (SSSR count). The van der Waals surface area contributed by atoms with Gasteiger partial charge in [0.15, 0.2) is 5.58 Å². The van der Waals surface area contributed by atoms with Crippen molar-refractivity contribution in [3.05, 3.63) is 66.1 Å². The lowest BCUT2D eigenvalue weighted by Gasteiger charge is -2.38. The highest BCUT2D eigenvalue weighted by molar-refractivity contribution is 5.98. The molecule has 7 heteroatoms. The molecule has 0 fully saturated rings. The standard InChI is InChI=1S/C22H21N5O2/c1-22(2)11-15-18(16(28)12-22)19(14-8-5-6-10-23-14)26-20(24-15)27-21-25-13-7-3-4-9-17(13)29-21/h3-11,18-19H,12H2,1-2H3,(H2,24,25,26,27)/t18-,19-/m1/s1. The summed E-state index contributed by atoms with van der Waals surface area (Å²) in [5.41, 5.74) is 2.84.